The van der Waals surface area contributed by atoms with Gasteiger partial charge in [-0.15, -0.1) is 0 Å². The van der Waals surface area contributed by atoms with Crippen LogP contribution in [0.3, 0.4) is 0 Å². The molecule has 0 N–H and O–H groups in total. The average Bonchev–Trinajstić information content (AvgIpc) is 3.27. The lowest BCUT2D eigenvalue weighted by Gasteiger charge is -2.25. The first-order valence-corrected chi connectivity index (χ1v) is 20.1. The van der Waals surface area contributed by atoms with Crippen LogP contribution in [0.1, 0.15) is 61.8 Å². The Balaban J connectivity index is 1.39. The van der Waals surface area contributed by atoms with Gasteiger partial charge < -0.3 is 23.5 Å². The van der Waals surface area contributed by atoms with Crippen molar-refractivity contribution in [2.24, 2.45) is 5.92 Å². The highest BCUT2D eigenvalue weighted by atomic mass is 16.5. The van der Waals surface area contributed by atoms with Crippen molar-refractivity contribution in [3.63, 3.8) is 0 Å². The van der Waals surface area contributed by atoms with Gasteiger partial charge in [-0.2, -0.15) is 0 Å². The molecule has 1 unspecified atom stereocenters. The number of pyridine rings is 1. The summed E-state index contributed by atoms with van der Waals surface area (Å²) in [7, 11) is 0. The minimum atomic E-state index is -0.167. The fourth-order valence-corrected chi connectivity index (χ4v) is 7.10. The molecule has 1 heterocycles. The Hall–Kier alpha value is -6.27. The number of aromatic nitrogens is 1. The van der Waals surface area contributed by atoms with Crippen molar-refractivity contribution in [2.45, 2.75) is 72.5 Å². The van der Waals surface area contributed by atoms with Gasteiger partial charge in [-0.3, -0.25) is 4.79 Å². The number of hydrogen-bond donors (Lipinski definition) is 0. The first kappa shape index (κ1) is 39.0. The molecule has 0 bridgehead atoms. The van der Waals surface area contributed by atoms with Crippen molar-refractivity contribution in [2.75, 3.05) is 0 Å². The Morgan fingerprint density at radius 2 is 1.07 bits per heavy atom. The smallest absolute Gasteiger partial charge is 0.231 e. The molecule has 0 amide bonds. The normalized spacial score (nSPS) is 11.6. The molecule has 57 heavy (non-hydrogen) atoms. The summed E-state index contributed by atoms with van der Waals surface area (Å²) < 4.78 is 28.3. The minimum Gasteiger partial charge on any atom is -0.489 e. The van der Waals surface area contributed by atoms with Crippen LogP contribution in [-0.4, -0.2) is 4.57 Å². The van der Waals surface area contributed by atoms with Gasteiger partial charge in [0.25, 0.3) is 0 Å². The second-order valence-corrected chi connectivity index (χ2v) is 14.5. The van der Waals surface area contributed by atoms with Crippen LogP contribution in [0.5, 0.6) is 23.0 Å². The molecule has 1 aromatic heterocycles. The number of hydrogen-bond acceptors (Lipinski definition) is 5. The zero-order valence-corrected chi connectivity index (χ0v) is 32.9. The molecule has 0 saturated heterocycles. The van der Waals surface area contributed by atoms with Gasteiger partial charge in [-0.1, -0.05) is 154 Å². The van der Waals surface area contributed by atoms with E-state index < -0.39 is 0 Å². The monoisotopic (exact) mass is 757 g/mol. The molecule has 0 aliphatic carbocycles. The second kappa shape index (κ2) is 19.5. The predicted octanol–water partition coefficient (Wildman–Crippen LogP) is 12.2. The minimum absolute atomic E-state index is 0.167. The maximum atomic E-state index is 14.8. The van der Waals surface area contributed by atoms with E-state index in [1.165, 1.54) is 0 Å². The second-order valence-electron chi connectivity index (χ2n) is 14.5. The summed E-state index contributed by atoms with van der Waals surface area (Å²) in [6.45, 7) is 6.58. The van der Waals surface area contributed by atoms with Gasteiger partial charge in [0.15, 0.2) is 17.2 Å². The van der Waals surface area contributed by atoms with Crippen LogP contribution in [0.2, 0.25) is 0 Å². The van der Waals surface area contributed by atoms with E-state index in [0.717, 1.165) is 59.0 Å². The SMILES string of the molecule is CCCCC(CC)Cn1c(-c2ccc(OCc3ccccc3)c(OCc3ccccc3)c2)c(OCc2ccccc2)c(=O)c2ccc(OCc3ccccc3)cc21. The van der Waals surface area contributed by atoms with E-state index >= 15 is 0 Å². The number of unbranched alkanes of at least 4 members (excludes halogenated alkanes) is 1. The molecule has 0 aliphatic heterocycles. The van der Waals surface area contributed by atoms with Gasteiger partial charge in [0.2, 0.25) is 5.43 Å². The fraction of sp³-hybridized carbons (Fsp3) is 0.235. The van der Waals surface area contributed by atoms with Gasteiger partial charge in [0.05, 0.1) is 11.2 Å². The molecule has 0 saturated carbocycles. The van der Waals surface area contributed by atoms with Crippen molar-refractivity contribution in [3.05, 3.63) is 190 Å². The zero-order valence-electron chi connectivity index (χ0n) is 32.9. The van der Waals surface area contributed by atoms with Crippen LogP contribution >= 0.6 is 0 Å². The third kappa shape index (κ3) is 10.1. The Kier molecular flexibility index (Phi) is 13.4. The van der Waals surface area contributed by atoms with Crippen molar-refractivity contribution < 1.29 is 18.9 Å². The Morgan fingerprint density at radius 3 is 1.61 bits per heavy atom. The molecule has 6 nitrogen and oxygen atoms in total. The number of nitrogens with zero attached hydrogens (tertiary/aromatic N) is 1. The number of rotatable bonds is 19. The van der Waals surface area contributed by atoms with Gasteiger partial charge in [-0.25, -0.2) is 0 Å². The van der Waals surface area contributed by atoms with Crippen molar-refractivity contribution in [1.82, 2.24) is 4.57 Å². The molecule has 0 fully saturated rings. The topological polar surface area (TPSA) is 58.9 Å². The summed E-state index contributed by atoms with van der Waals surface area (Å²) >= 11 is 0. The lowest BCUT2D eigenvalue weighted by atomic mass is 9.97. The van der Waals surface area contributed by atoms with E-state index in [0.29, 0.717) is 66.4 Å². The molecule has 0 aliphatic rings. The Morgan fingerprint density at radius 1 is 0.544 bits per heavy atom. The number of benzene rings is 6. The Bertz CT molecular complexity index is 2380. The van der Waals surface area contributed by atoms with Crippen LogP contribution in [0.4, 0.5) is 0 Å². The number of fused-ring (bicyclic) bond motifs is 1. The zero-order chi connectivity index (χ0) is 39.2. The summed E-state index contributed by atoms with van der Waals surface area (Å²) in [5, 5.41) is 0.586. The molecule has 7 aromatic rings. The molecule has 0 radical (unpaired) electrons. The first-order valence-electron chi connectivity index (χ1n) is 20.1. The Labute approximate surface area is 336 Å². The molecular formula is C51H51NO5. The lowest BCUT2D eigenvalue weighted by molar-refractivity contribution is 0.256. The van der Waals surface area contributed by atoms with E-state index in [9.17, 15) is 4.79 Å². The van der Waals surface area contributed by atoms with Crippen LogP contribution in [0, 0.1) is 5.92 Å². The average molecular weight is 758 g/mol. The van der Waals surface area contributed by atoms with Gasteiger partial charge in [-0.05, 0) is 64.9 Å². The summed E-state index contributed by atoms with van der Waals surface area (Å²) in [5.41, 5.74) is 6.28. The summed E-state index contributed by atoms with van der Waals surface area (Å²) in [6.07, 6.45) is 4.31. The molecular weight excluding hydrogens is 707 g/mol. The molecule has 6 aromatic carbocycles. The largest absolute Gasteiger partial charge is 0.489 e. The highest BCUT2D eigenvalue weighted by molar-refractivity contribution is 5.87. The highest BCUT2D eigenvalue weighted by Gasteiger charge is 2.24. The fourth-order valence-electron chi connectivity index (χ4n) is 7.10. The standard InChI is InChI=1S/C51H51NO5/c1-3-5-18-38(4-2)33-52-46-32-44(54-34-39-19-10-6-11-20-39)28-29-45(46)50(53)51(57-37-42-25-16-9-17-26-42)49(52)43-27-30-47(55-35-40-21-12-7-13-22-40)48(31-43)56-36-41-23-14-8-15-24-41/h6-17,19-32,38H,3-5,18,33-37H2,1-2H3. The first-order chi connectivity index (χ1) is 28.1. The van der Waals surface area contributed by atoms with Crippen LogP contribution in [-0.2, 0) is 33.0 Å². The molecule has 290 valence electrons. The molecule has 6 heteroatoms. The van der Waals surface area contributed by atoms with E-state index in [1.807, 2.05) is 146 Å². The predicted molar refractivity (Wildman–Crippen MR) is 230 cm³/mol. The maximum absolute atomic E-state index is 14.8. The van der Waals surface area contributed by atoms with Crippen molar-refractivity contribution in [3.8, 4) is 34.3 Å². The van der Waals surface area contributed by atoms with Gasteiger partial charge in [0, 0.05) is 23.6 Å². The quantitative estimate of drug-likeness (QED) is 0.0822. The van der Waals surface area contributed by atoms with Gasteiger partial charge in [0.1, 0.15) is 32.2 Å². The third-order valence-electron chi connectivity index (χ3n) is 10.3. The molecule has 1 atom stereocenters. The van der Waals surface area contributed by atoms with Crippen LogP contribution in [0.15, 0.2) is 163 Å². The van der Waals surface area contributed by atoms with Crippen LogP contribution < -0.4 is 24.4 Å². The maximum Gasteiger partial charge on any atom is 0.231 e. The van der Waals surface area contributed by atoms with E-state index in [-0.39, 0.29) is 12.0 Å². The van der Waals surface area contributed by atoms with E-state index in [2.05, 4.69) is 30.5 Å². The van der Waals surface area contributed by atoms with E-state index in [4.69, 9.17) is 18.9 Å². The molecule has 0 spiro atoms. The summed E-state index contributed by atoms with van der Waals surface area (Å²) in [4.78, 5) is 14.8. The van der Waals surface area contributed by atoms with Crippen molar-refractivity contribution >= 4 is 10.9 Å². The van der Waals surface area contributed by atoms with E-state index in [1.54, 1.807) is 0 Å². The van der Waals surface area contributed by atoms with Gasteiger partial charge >= 0.3 is 0 Å². The lowest BCUT2D eigenvalue weighted by Crippen LogP contribution is -2.20. The number of ether oxygens (including phenoxy) is 4. The summed E-state index contributed by atoms with van der Waals surface area (Å²) in [5.74, 6) is 2.57. The highest BCUT2D eigenvalue weighted by Crippen LogP contribution is 2.39. The summed E-state index contributed by atoms with van der Waals surface area (Å²) in [6, 6.07) is 52.1. The molecule has 7 rings (SSSR count). The van der Waals surface area contributed by atoms with Crippen LogP contribution in [0.25, 0.3) is 22.2 Å². The van der Waals surface area contributed by atoms with Crippen molar-refractivity contribution in [1.29, 1.82) is 0 Å². The third-order valence-corrected chi connectivity index (χ3v) is 10.3.